The molecule has 4 heteroatoms. The maximum atomic E-state index is 11.5. The Hall–Kier alpha value is -0.280. The highest BCUT2D eigenvalue weighted by atomic mass is 35.5. The van der Waals surface area contributed by atoms with Gasteiger partial charge in [0, 0.05) is 6.54 Å². The zero-order valence-corrected chi connectivity index (χ0v) is 11.2. The number of amides is 1. The molecule has 0 aromatic carbocycles. The van der Waals surface area contributed by atoms with E-state index < -0.39 is 0 Å². The van der Waals surface area contributed by atoms with Crippen LogP contribution in [0.4, 0.5) is 0 Å². The second kappa shape index (κ2) is 7.91. The van der Waals surface area contributed by atoms with Gasteiger partial charge in [-0.3, -0.25) is 4.79 Å². The van der Waals surface area contributed by atoms with Crippen LogP contribution in [0.2, 0.25) is 0 Å². The summed E-state index contributed by atoms with van der Waals surface area (Å²) in [5.41, 5.74) is 5.74. The molecule has 1 aliphatic rings. The van der Waals surface area contributed by atoms with Crippen molar-refractivity contribution in [3.05, 3.63) is 0 Å². The summed E-state index contributed by atoms with van der Waals surface area (Å²) in [4.78, 5) is 11.5. The van der Waals surface area contributed by atoms with Crippen molar-refractivity contribution in [2.45, 2.75) is 52.0 Å². The first kappa shape index (κ1) is 15.7. The van der Waals surface area contributed by atoms with Gasteiger partial charge in [-0.05, 0) is 18.3 Å². The maximum absolute atomic E-state index is 11.5. The van der Waals surface area contributed by atoms with Crippen molar-refractivity contribution >= 4 is 18.3 Å². The SMILES string of the molecule is CC(C)[C@@H](N)C(=O)NCCC1CCCC1.Cl. The molecule has 1 fully saturated rings. The number of nitrogens with one attached hydrogen (secondary N) is 1. The van der Waals surface area contributed by atoms with Gasteiger partial charge in [0.1, 0.15) is 0 Å². The number of hydrogen-bond donors (Lipinski definition) is 2. The van der Waals surface area contributed by atoms with Crippen LogP contribution in [0.5, 0.6) is 0 Å². The zero-order chi connectivity index (χ0) is 11.3. The van der Waals surface area contributed by atoms with Crippen LogP contribution in [0.25, 0.3) is 0 Å². The summed E-state index contributed by atoms with van der Waals surface area (Å²) in [7, 11) is 0. The van der Waals surface area contributed by atoms with Crippen LogP contribution in [0.1, 0.15) is 46.0 Å². The summed E-state index contributed by atoms with van der Waals surface area (Å²) < 4.78 is 0. The van der Waals surface area contributed by atoms with E-state index in [9.17, 15) is 4.79 Å². The van der Waals surface area contributed by atoms with Gasteiger partial charge in [-0.15, -0.1) is 12.4 Å². The molecule has 3 N–H and O–H groups in total. The van der Waals surface area contributed by atoms with Crippen LogP contribution in [0, 0.1) is 11.8 Å². The fraction of sp³-hybridized carbons (Fsp3) is 0.917. The Bertz CT molecular complexity index is 203. The minimum atomic E-state index is -0.353. The number of rotatable bonds is 5. The number of hydrogen-bond acceptors (Lipinski definition) is 2. The van der Waals surface area contributed by atoms with Crippen molar-refractivity contribution in [2.75, 3.05) is 6.54 Å². The highest BCUT2D eigenvalue weighted by Crippen LogP contribution is 2.26. The number of carbonyl (C=O) groups is 1. The van der Waals surface area contributed by atoms with Crippen molar-refractivity contribution in [1.82, 2.24) is 5.32 Å². The third-order valence-corrected chi connectivity index (χ3v) is 3.35. The Labute approximate surface area is 105 Å². The minimum absolute atomic E-state index is 0. The topological polar surface area (TPSA) is 55.1 Å². The minimum Gasteiger partial charge on any atom is -0.355 e. The summed E-state index contributed by atoms with van der Waals surface area (Å²) in [6.07, 6.45) is 6.53. The third kappa shape index (κ3) is 5.17. The molecule has 1 aliphatic carbocycles. The van der Waals surface area contributed by atoms with E-state index in [4.69, 9.17) is 5.73 Å². The Kier molecular flexibility index (Phi) is 7.77. The van der Waals surface area contributed by atoms with Crippen LogP contribution >= 0.6 is 12.4 Å². The first-order valence-corrected chi connectivity index (χ1v) is 6.14. The molecule has 3 nitrogen and oxygen atoms in total. The largest absolute Gasteiger partial charge is 0.355 e. The second-order valence-electron chi connectivity index (χ2n) is 5.00. The van der Waals surface area contributed by atoms with Crippen LogP contribution in [0.3, 0.4) is 0 Å². The van der Waals surface area contributed by atoms with Gasteiger partial charge in [-0.2, -0.15) is 0 Å². The monoisotopic (exact) mass is 248 g/mol. The van der Waals surface area contributed by atoms with E-state index in [1.165, 1.54) is 25.7 Å². The molecule has 0 saturated heterocycles. The average Bonchev–Trinajstić information content (AvgIpc) is 2.69. The van der Waals surface area contributed by atoms with Gasteiger partial charge in [0.2, 0.25) is 5.91 Å². The van der Waals surface area contributed by atoms with E-state index in [2.05, 4.69) is 5.32 Å². The summed E-state index contributed by atoms with van der Waals surface area (Å²) >= 11 is 0. The van der Waals surface area contributed by atoms with Crippen molar-refractivity contribution in [3.63, 3.8) is 0 Å². The first-order valence-electron chi connectivity index (χ1n) is 6.14. The quantitative estimate of drug-likeness (QED) is 0.783. The molecule has 1 amide bonds. The Morgan fingerprint density at radius 1 is 1.38 bits per heavy atom. The predicted octanol–water partition coefficient (Wildman–Crippen LogP) is 2.09. The zero-order valence-electron chi connectivity index (χ0n) is 10.4. The van der Waals surface area contributed by atoms with Crippen LogP contribution in [-0.4, -0.2) is 18.5 Å². The fourth-order valence-corrected chi connectivity index (χ4v) is 2.12. The van der Waals surface area contributed by atoms with Crippen molar-refractivity contribution in [1.29, 1.82) is 0 Å². The van der Waals surface area contributed by atoms with E-state index in [1.807, 2.05) is 13.8 Å². The van der Waals surface area contributed by atoms with Gasteiger partial charge in [0.05, 0.1) is 6.04 Å². The molecule has 0 bridgehead atoms. The lowest BCUT2D eigenvalue weighted by Gasteiger charge is -2.16. The molecular formula is C12H25ClN2O. The van der Waals surface area contributed by atoms with Crippen molar-refractivity contribution in [2.24, 2.45) is 17.6 Å². The molecule has 0 radical (unpaired) electrons. The van der Waals surface area contributed by atoms with Gasteiger partial charge < -0.3 is 11.1 Å². The highest BCUT2D eigenvalue weighted by Gasteiger charge is 2.18. The lowest BCUT2D eigenvalue weighted by atomic mass is 10.0. The molecule has 96 valence electrons. The van der Waals surface area contributed by atoms with E-state index in [0.717, 1.165) is 18.9 Å². The molecule has 1 saturated carbocycles. The van der Waals surface area contributed by atoms with E-state index in [1.54, 1.807) is 0 Å². The Morgan fingerprint density at radius 3 is 2.44 bits per heavy atom. The molecule has 0 aromatic heterocycles. The summed E-state index contributed by atoms with van der Waals surface area (Å²) in [6, 6.07) is -0.353. The van der Waals surface area contributed by atoms with Crippen molar-refractivity contribution in [3.8, 4) is 0 Å². The molecule has 0 unspecified atom stereocenters. The third-order valence-electron chi connectivity index (χ3n) is 3.35. The lowest BCUT2D eigenvalue weighted by Crippen LogP contribution is -2.44. The van der Waals surface area contributed by atoms with Gasteiger partial charge >= 0.3 is 0 Å². The smallest absolute Gasteiger partial charge is 0.237 e. The van der Waals surface area contributed by atoms with Crippen LogP contribution < -0.4 is 11.1 Å². The molecule has 0 aliphatic heterocycles. The number of halogens is 1. The van der Waals surface area contributed by atoms with E-state index in [0.29, 0.717) is 0 Å². The molecule has 1 atom stereocenters. The van der Waals surface area contributed by atoms with E-state index in [-0.39, 0.29) is 30.3 Å². The molecular weight excluding hydrogens is 224 g/mol. The Morgan fingerprint density at radius 2 is 1.94 bits per heavy atom. The first-order chi connectivity index (χ1) is 7.11. The number of carbonyl (C=O) groups excluding carboxylic acids is 1. The normalized spacial score (nSPS) is 18.2. The van der Waals surface area contributed by atoms with Crippen LogP contribution in [-0.2, 0) is 4.79 Å². The number of nitrogens with two attached hydrogens (primary N) is 1. The standard InChI is InChI=1S/C12H24N2O.ClH/c1-9(2)11(13)12(15)14-8-7-10-5-3-4-6-10;/h9-11H,3-8,13H2,1-2H3,(H,14,15);1H/t11-;/m1./s1. The van der Waals surface area contributed by atoms with Crippen LogP contribution in [0.15, 0.2) is 0 Å². The molecule has 0 spiro atoms. The molecule has 0 heterocycles. The summed E-state index contributed by atoms with van der Waals surface area (Å²) in [5, 5.41) is 2.93. The highest BCUT2D eigenvalue weighted by molar-refractivity contribution is 5.85. The maximum Gasteiger partial charge on any atom is 0.237 e. The molecule has 1 rings (SSSR count). The van der Waals surface area contributed by atoms with Gasteiger partial charge in [0.25, 0.3) is 0 Å². The average molecular weight is 249 g/mol. The van der Waals surface area contributed by atoms with Crippen molar-refractivity contribution < 1.29 is 4.79 Å². The summed E-state index contributed by atoms with van der Waals surface area (Å²) in [6.45, 7) is 4.74. The lowest BCUT2D eigenvalue weighted by molar-refractivity contribution is -0.123. The van der Waals surface area contributed by atoms with Gasteiger partial charge in [-0.25, -0.2) is 0 Å². The Balaban J connectivity index is 0.00000225. The predicted molar refractivity (Wildman–Crippen MR) is 69.6 cm³/mol. The van der Waals surface area contributed by atoms with E-state index >= 15 is 0 Å². The summed E-state index contributed by atoms with van der Waals surface area (Å²) in [5.74, 6) is 1.06. The second-order valence-corrected chi connectivity index (χ2v) is 5.00. The molecule has 16 heavy (non-hydrogen) atoms. The van der Waals surface area contributed by atoms with Gasteiger partial charge in [-0.1, -0.05) is 39.5 Å². The molecule has 0 aromatic rings. The van der Waals surface area contributed by atoms with Gasteiger partial charge in [0.15, 0.2) is 0 Å². The fourth-order valence-electron chi connectivity index (χ4n) is 2.12.